The Kier molecular flexibility index (Phi) is 6.73. The molecule has 1 atom stereocenters. The summed E-state index contributed by atoms with van der Waals surface area (Å²) in [5.74, 6) is -1.12. The lowest BCUT2D eigenvalue weighted by molar-refractivity contribution is -0.140. The Morgan fingerprint density at radius 3 is 2.49 bits per heavy atom. The van der Waals surface area contributed by atoms with Gasteiger partial charge in [-0.15, -0.1) is 0 Å². The largest absolute Gasteiger partial charge is 0.507 e. The fourth-order valence-corrected chi connectivity index (χ4v) is 4.06. The topological polar surface area (TPSA) is 109 Å². The number of ether oxygens (including phenoxy) is 2. The Hall–Kier alpha value is -4.33. The number of phenols is 1. The number of ketones is 1. The van der Waals surface area contributed by atoms with Gasteiger partial charge in [0.25, 0.3) is 11.7 Å². The quantitative estimate of drug-likeness (QED) is 0.300. The number of carbonyl (C=O) groups is 2. The number of aliphatic hydroxyl groups is 1. The molecule has 0 saturated carbocycles. The molecule has 8 nitrogen and oxygen atoms in total. The standard InChI is InChI=1S/C27H26N2O6/c1-16(2)35-20-9-6-18(7-10-20)25(31)23-24(19-8-11-21(30)22(13-19)34-3)29(27(33)26(23)32)15-17-5-4-12-28-14-17/h4-14,16,24,30-31H,15H2,1-3H3/b25-23-. The van der Waals surface area contributed by atoms with E-state index in [-0.39, 0.29) is 35.5 Å². The summed E-state index contributed by atoms with van der Waals surface area (Å²) in [5.41, 5.74) is 1.55. The van der Waals surface area contributed by atoms with Gasteiger partial charge in [0, 0.05) is 24.5 Å². The third-order valence-electron chi connectivity index (χ3n) is 5.63. The first-order chi connectivity index (χ1) is 16.8. The second kappa shape index (κ2) is 9.89. The summed E-state index contributed by atoms with van der Waals surface area (Å²) in [5, 5.41) is 21.3. The van der Waals surface area contributed by atoms with Crippen molar-refractivity contribution in [3.8, 4) is 17.2 Å². The van der Waals surface area contributed by atoms with Gasteiger partial charge in [0.05, 0.1) is 24.8 Å². The SMILES string of the molecule is COc1cc(C2/C(=C(/O)c3ccc(OC(C)C)cc3)C(=O)C(=O)N2Cc2cccnc2)ccc1O. The highest BCUT2D eigenvalue weighted by Gasteiger charge is 2.46. The molecule has 1 unspecified atom stereocenters. The second-order valence-electron chi connectivity index (χ2n) is 8.41. The summed E-state index contributed by atoms with van der Waals surface area (Å²) in [4.78, 5) is 31.8. The first kappa shape index (κ1) is 23.8. The molecule has 4 rings (SSSR count). The van der Waals surface area contributed by atoms with Crippen LogP contribution >= 0.6 is 0 Å². The van der Waals surface area contributed by atoms with Gasteiger partial charge in [-0.25, -0.2) is 0 Å². The molecule has 0 bridgehead atoms. The number of methoxy groups -OCH3 is 1. The lowest BCUT2D eigenvalue weighted by Crippen LogP contribution is -2.29. The van der Waals surface area contributed by atoms with Crippen LogP contribution < -0.4 is 9.47 Å². The van der Waals surface area contributed by atoms with Gasteiger partial charge in [-0.2, -0.15) is 0 Å². The minimum atomic E-state index is -0.906. The summed E-state index contributed by atoms with van der Waals surface area (Å²) < 4.78 is 10.9. The van der Waals surface area contributed by atoms with Gasteiger partial charge in [0.2, 0.25) is 0 Å². The third-order valence-corrected chi connectivity index (χ3v) is 5.63. The van der Waals surface area contributed by atoms with Crippen molar-refractivity contribution in [2.45, 2.75) is 32.5 Å². The summed E-state index contributed by atoms with van der Waals surface area (Å²) in [6.07, 6.45) is 3.21. The van der Waals surface area contributed by atoms with Crippen LogP contribution in [0.5, 0.6) is 17.2 Å². The van der Waals surface area contributed by atoms with Crippen LogP contribution in [-0.2, 0) is 16.1 Å². The molecule has 3 aromatic rings. The summed E-state index contributed by atoms with van der Waals surface area (Å²) >= 11 is 0. The Labute approximate surface area is 203 Å². The van der Waals surface area contributed by atoms with Crippen LogP contribution in [0, 0.1) is 0 Å². The van der Waals surface area contributed by atoms with E-state index in [4.69, 9.17) is 9.47 Å². The number of amides is 1. The van der Waals surface area contributed by atoms with Crippen molar-refractivity contribution in [3.05, 3.63) is 89.3 Å². The molecule has 180 valence electrons. The van der Waals surface area contributed by atoms with Crippen molar-refractivity contribution < 1.29 is 29.3 Å². The Balaban J connectivity index is 1.83. The fraction of sp³-hybridized carbons (Fsp3) is 0.222. The fourth-order valence-electron chi connectivity index (χ4n) is 4.06. The van der Waals surface area contributed by atoms with Gasteiger partial charge in [0.15, 0.2) is 11.5 Å². The first-order valence-corrected chi connectivity index (χ1v) is 11.1. The zero-order valence-corrected chi connectivity index (χ0v) is 19.6. The van der Waals surface area contributed by atoms with E-state index in [0.717, 1.165) is 5.56 Å². The van der Waals surface area contributed by atoms with E-state index in [2.05, 4.69) is 4.98 Å². The van der Waals surface area contributed by atoms with Crippen molar-refractivity contribution in [1.82, 2.24) is 9.88 Å². The molecule has 35 heavy (non-hydrogen) atoms. The number of nitrogens with zero attached hydrogens (tertiary/aromatic N) is 2. The van der Waals surface area contributed by atoms with Crippen LogP contribution in [0.2, 0.25) is 0 Å². The number of rotatable bonds is 7. The maximum atomic E-state index is 13.2. The minimum absolute atomic E-state index is 0.0169. The van der Waals surface area contributed by atoms with Gasteiger partial charge in [0.1, 0.15) is 11.5 Å². The predicted octanol–water partition coefficient (Wildman–Crippen LogP) is 4.20. The van der Waals surface area contributed by atoms with E-state index >= 15 is 0 Å². The number of hydrogen-bond acceptors (Lipinski definition) is 7. The molecule has 0 radical (unpaired) electrons. The van der Waals surface area contributed by atoms with Crippen LogP contribution in [0.3, 0.4) is 0 Å². The van der Waals surface area contributed by atoms with Gasteiger partial charge in [-0.1, -0.05) is 12.1 Å². The van der Waals surface area contributed by atoms with Crippen molar-refractivity contribution in [1.29, 1.82) is 0 Å². The van der Waals surface area contributed by atoms with Crippen molar-refractivity contribution >= 4 is 17.4 Å². The van der Waals surface area contributed by atoms with E-state index in [1.165, 1.54) is 18.1 Å². The van der Waals surface area contributed by atoms with Gasteiger partial charge < -0.3 is 24.6 Å². The minimum Gasteiger partial charge on any atom is -0.507 e. The van der Waals surface area contributed by atoms with Crippen LogP contribution in [0.15, 0.2) is 72.6 Å². The van der Waals surface area contributed by atoms with Gasteiger partial charge >= 0.3 is 0 Å². The molecule has 2 aromatic carbocycles. The second-order valence-corrected chi connectivity index (χ2v) is 8.41. The number of hydrogen-bond donors (Lipinski definition) is 2. The summed E-state index contributed by atoms with van der Waals surface area (Å²) in [6, 6.07) is 13.9. The number of phenolic OH excluding ortho intramolecular Hbond substituents is 1. The molecular weight excluding hydrogens is 448 g/mol. The molecule has 1 fully saturated rings. The highest BCUT2D eigenvalue weighted by atomic mass is 16.5. The summed E-state index contributed by atoms with van der Waals surface area (Å²) in [7, 11) is 1.41. The molecule has 1 amide bonds. The van der Waals surface area contributed by atoms with Crippen LogP contribution in [-0.4, -0.2) is 45.0 Å². The highest BCUT2D eigenvalue weighted by molar-refractivity contribution is 6.46. The van der Waals surface area contributed by atoms with E-state index in [1.54, 1.807) is 60.9 Å². The molecule has 8 heteroatoms. The number of aromatic hydroxyl groups is 1. The lowest BCUT2D eigenvalue weighted by Gasteiger charge is -2.25. The molecule has 0 spiro atoms. The Morgan fingerprint density at radius 1 is 1.11 bits per heavy atom. The molecule has 0 aliphatic carbocycles. The molecular formula is C27H26N2O6. The maximum absolute atomic E-state index is 13.2. The monoisotopic (exact) mass is 474 g/mol. The first-order valence-electron chi connectivity index (χ1n) is 11.1. The molecule has 2 heterocycles. The van der Waals surface area contributed by atoms with Crippen molar-refractivity contribution in [2.24, 2.45) is 0 Å². The van der Waals surface area contributed by atoms with Crippen molar-refractivity contribution in [3.63, 3.8) is 0 Å². The average molecular weight is 475 g/mol. The molecule has 2 N–H and O–H groups in total. The van der Waals surface area contributed by atoms with Crippen molar-refractivity contribution in [2.75, 3.05) is 7.11 Å². The van der Waals surface area contributed by atoms with E-state index in [0.29, 0.717) is 16.9 Å². The Morgan fingerprint density at radius 2 is 1.86 bits per heavy atom. The number of likely N-dealkylation sites (tertiary alicyclic amines) is 1. The number of carbonyl (C=O) groups excluding carboxylic acids is 2. The number of benzene rings is 2. The molecule has 1 saturated heterocycles. The van der Waals surface area contributed by atoms with Gasteiger partial charge in [-0.05, 0) is 67.4 Å². The molecule has 1 aliphatic rings. The highest BCUT2D eigenvalue weighted by Crippen LogP contribution is 2.42. The number of aliphatic hydroxyl groups excluding tert-OH is 1. The van der Waals surface area contributed by atoms with E-state index < -0.39 is 17.7 Å². The third kappa shape index (κ3) is 4.82. The van der Waals surface area contributed by atoms with Crippen LogP contribution in [0.4, 0.5) is 0 Å². The van der Waals surface area contributed by atoms with Gasteiger partial charge in [-0.3, -0.25) is 14.6 Å². The normalized spacial score (nSPS) is 17.1. The molecule has 1 aliphatic heterocycles. The summed E-state index contributed by atoms with van der Waals surface area (Å²) in [6.45, 7) is 3.91. The number of Topliss-reactive ketones (excluding diaryl/α,β-unsaturated/α-hetero) is 1. The average Bonchev–Trinajstić information content (AvgIpc) is 3.09. The lowest BCUT2D eigenvalue weighted by atomic mass is 9.95. The number of aromatic nitrogens is 1. The van der Waals surface area contributed by atoms with Crippen LogP contribution in [0.25, 0.3) is 5.76 Å². The molecule has 1 aromatic heterocycles. The van der Waals surface area contributed by atoms with Crippen LogP contribution in [0.1, 0.15) is 36.6 Å². The van der Waals surface area contributed by atoms with E-state index in [1.807, 2.05) is 13.8 Å². The van der Waals surface area contributed by atoms with E-state index in [9.17, 15) is 19.8 Å². The number of pyridine rings is 1. The zero-order chi connectivity index (χ0) is 25.1. The zero-order valence-electron chi connectivity index (χ0n) is 19.6. The smallest absolute Gasteiger partial charge is 0.295 e. The predicted molar refractivity (Wildman–Crippen MR) is 129 cm³/mol. The maximum Gasteiger partial charge on any atom is 0.295 e. The Bertz CT molecular complexity index is 1270.